The predicted octanol–water partition coefficient (Wildman–Crippen LogP) is 3.47. The lowest BCUT2D eigenvalue weighted by molar-refractivity contribution is -0.127. The molecule has 0 spiro atoms. The van der Waals surface area contributed by atoms with Crippen LogP contribution < -0.4 is 5.32 Å². The second-order valence-electron chi connectivity index (χ2n) is 6.59. The van der Waals surface area contributed by atoms with Gasteiger partial charge in [0, 0.05) is 5.02 Å². The zero-order chi connectivity index (χ0) is 14.4. The number of fused-ring (bicyclic) bond motifs is 2. The summed E-state index contributed by atoms with van der Waals surface area (Å²) in [6, 6.07) is 8.00. The van der Waals surface area contributed by atoms with Crippen LogP contribution in [0.25, 0.3) is 0 Å². The number of benzene rings is 1. The summed E-state index contributed by atoms with van der Waals surface area (Å²) < 4.78 is 5.81. The summed E-state index contributed by atoms with van der Waals surface area (Å²) >= 11 is 5.96. The Kier molecular flexibility index (Phi) is 3.43. The van der Waals surface area contributed by atoms with Gasteiger partial charge in [-0.2, -0.15) is 0 Å². The second-order valence-corrected chi connectivity index (χ2v) is 7.03. The molecule has 2 saturated heterocycles. The van der Waals surface area contributed by atoms with E-state index < -0.39 is 0 Å². The van der Waals surface area contributed by atoms with Gasteiger partial charge in [0.25, 0.3) is 0 Å². The molecule has 1 saturated carbocycles. The molecule has 1 aromatic rings. The van der Waals surface area contributed by atoms with E-state index in [-0.39, 0.29) is 24.0 Å². The van der Waals surface area contributed by atoms with Crippen molar-refractivity contribution in [2.75, 3.05) is 0 Å². The van der Waals surface area contributed by atoms with Crippen LogP contribution in [-0.2, 0) is 9.53 Å². The molecule has 3 fully saturated rings. The van der Waals surface area contributed by atoms with Gasteiger partial charge in [0.2, 0.25) is 5.91 Å². The standard InChI is InChI=1S/C17H20ClNO2/c18-12-5-3-11(4-6-12)16(10-1-2-10)19-17(20)14-9-13-7-8-15(14)21-13/h3-6,10,13-16H,1-2,7-9H2,(H,19,20)/t13-,14+,15-,16-/m1/s1. The Labute approximate surface area is 130 Å². The number of hydrogen-bond acceptors (Lipinski definition) is 2. The molecule has 1 aromatic carbocycles. The molecule has 4 rings (SSSR count). The smallest absolute Gasteiger partial charge is 0.226 e. The average Bonchev–Trinajstić information content (AvgIpc) is 3.11. The lowest BCUT2D eigenvalue weighted by Gasteiger charge is -2.24. The lowest BCUT2D eigenvalue weighted by Crippen LogP contribution is -2.38. The average molecular weight is 306 g/mol. The minimum Gasteiger partial charge on any atom is -0.374 e. The first-order valence-electron chi connectivity index (χ1n) is 7.92. The van der Waals surface area contributed by atoms with Crippen molar-refractivity contribution in [3.05, 3.63) is 34.9 Å². The molecule has 1 aliphatic carbocycles. The zero-order valence-electron chi connectivity index (χ0n) is 11.9. The van der Waals surface area contributed by atoms with Crippen LogP contribution in [0.3, 0.4) is 0 Å². The molecule has 0 unspecified atom stereocenters. The molecule has 112 valence electrons. The van der Waals surface area contributed by atoms with Gasteiger partial charge in [0.05, 0.1) is 24.2 Å². The number of ether oxygens (including phenoxy) is 1. The number of hydrogen-bond donors (Lipinski definition) is 1. The number of halogens is 1. The molecule has 3 nitrogen and oxygen atoms in total. The predicted molar refractivity (Wildman–Crippen MR) is 81.1 cm³/mol. The monoisotopic (exact) mass is 305 g/mol. The molecule has 4 atom stereocenters. The van der Waals surface area contributed by atoms with Gasteiger partial charge in [-0.05, 0) is 55.7 Å². The van der Waals surface area contributed by atoms with Crippen molar-refractivity contribution in [3.8, 4) is 0 Å². The van der Waals surface area contributed by atoms with Gasteiger partial charge in [-0.3, -0.25) is 4.79 Å². The highest BCUT2D eigenvalue weighted by Crippen LogP contribution is 2.43. The van der Waals surface area contributed by atoms with Gasteiger partial charge in [-0.15, -0.1) is 0 Å². The summed E-state index contributed by atoms with van der Waals surface area (Å²) in [7, 11) is 0. The maximum Gasteiger partial charge on any atom is 0.226 e. The maximum atomic E-state index is 12.6. The van der Waals surface area contributed by atoms with Crippen molar-refractivity contribution in [2.24, 2.45) is 11.8 Å². The molecule has 2 heterocycles. The Hall–Kier alpha value is -1.06. The highest BCUT2D eigenvalue weighted by atomic mass is 35.5. The molecule has 21 heavy (non-hydrogen) atoms. The van der Waals surface area contributed by atoms with Crippen molar-refractivity contribution in [1.29, 1.82) is 0 Å². The normalized spacial score (nSPS) is 32.1. The molecule has 1 amide bonds. The highest BCUT2D eigenvalue weighted by Gasteiger charge is 2.45. The molecule has 4 heteroatoms. The number of carbonyl (C=O) groups excluding carboxylic acids is 1. The van der Waals surface area contributed by atoms with E-state index >= 15 is 0 Å². The molecule has 1 N–H and O–H groups in total. The van der Waals surface area contributed by atoms with E-state index in [1.165, 1.54) is 18.4 Å². The Bertz CT molecular complexity index is 540. The lowest BCUT2D eigenvalue weighted by atomic mass is 9.88. The van der Waals surface area contributed by atoms with Crippen LogP contribution in [0, 0.1) is 11.8 Å². The van der Waals surface area contributed by atoms with Crippen LogP contribution in [0.1, 0.15) is 43.7 Å². The van der Waals surface area contributed by atoms with E-state index in [2.05, 4.69) is 5.32 Å². The summed E-state index contributed by atoms with van der Waals surface area (Å²) in [5.74, 6) is 0.806. The Morgan fingerprint density at radius 3 is 2.52 bits per heavy atom. The summed E-state index contributed by atoms with van der Waals surface area (Å²) in [5.41, 5.74) is 1.17. The molecule has 0 aromatic heterocycles. The minimum absolute atomic E-state index is 0.0531. The van der Waals surface area contributed by atoms with Gasteiger partial charge < -0.3 is 10.1 Å². The third-order valence-electron chi connectivity index (χ3n) is 5.06. The molecular formula is C17H20ClNO2. The fourth-order valence-corrected chi connectivity index (χ4v) is 3.87. The first-order valence-corrected chi connectivity index (χ1v) is 8.30. The largest absolute Gasteiger partial charge is 0.374 e. The Morgan fingerprint density at radius 1 is 1.19 bits per heavy atom. The van der Waals surface area contributed by atoms with Crippen molar-refractivity contribution in [3.63, 3.8) is 0 Å². The van der Waals surface area contributed by atoms with Gasteiger partial charge in [-0.25, -0.2) is 0 Å². The van der Waals surface area contributed by atoms with Crippen LogP contribution in [0.4, 0.5) is 0 Å². The van der Waals surface area contributed by atoms with E-state index in [0.29, 0.717) is 12.0 Å². The maximum absolute atomic E-state index is 12.6. The van der Waals surface area contributed by atoms with Crippen LogP contribution in [-0.4, -0.2) is 18.1 Å². The summed E-state index contributed by atoms with van der Waals surface area (Å²) in [6.07, 6.45) is 5.92. The second kappa shape index (κ2) is 5.29. The quantitative estimate of drug-likeness (QED) is 0.925. The molecule has 0 radical (unpaired) electrons. The zero-order valence-corrected chi connectivity index (χ0v) is 12.7. The van der Waals surface area contributed by atoms with Crippen molar-refractivity contribution >= 4 is 17.5 Å². The number of nitrogens with one attached hydrogen (secondary N) is 1. The molecule has 2 bridgehead atoms. The van der Waals surface area contributed by atoms with E-state index in [1.54, 1.807) is 0 Å². The van der Waals surface area contributed by atoms with Crippen LogP contribution >= 0.6 is 11.6 Å². The third kappa shape index (κ3) is 2.69. The third-order valence-corrected chi connectivity index (χ3v) is 5.32. The van der Waals surface area contributed by atoms with Crippen molar-refractivity contribution in [1.82, 2.24) is 5.32 Å². The SMILES string of the molecule is O=C(N[C@@H](c1ccc(Cl)cc1)C1CC1)[C@H]1C[C@H]2CC[C@H]1O2. The fraction of sp³-hybridized carbons (Fsp3) is 0.588. The molecule has 3 aliphatic rings. The van der Waals surface area contributed by atoms with Crippen molar-refractivity contribution < 1.29 is 9.53 Å². The van der Waals surface area contributed by atoms with Crippen molar-refractivity contribution in [2.45, 2.75) is 50.4 Å². The first-order chi connectivity index (χ1) is 10.2. The van der Waals surface area contributed by atoms with E-state index in [9.17, 15) is 4.79 Å². The van der Waals surface area contributed by atoms with Crippen LogP contribution in [0.15, 0.2) is 24.3 Å². The van der Waals surface area contributed by atoms with Gasteiger partial charge in [0.1, 0.15) is 0 Å². The fourth-order valence-electron chi connectivity index (χ4n) is 3.75. The number of carbonyl (C=O) groups is 1. The highest BCUT2D eigenvalue weighted by molar-refractivity contribution is 6.30. The molecular weight excluding hydrogens is 286 g/mol. The Balaban J connectivity index is 1.47. The van der Waals surface area contributed by atoms with Crippen LogP contribution in [0.5, 0.6) is 0 Å². The Morgan fingerprint density at radius 2 is 1.95 bits per heavy atom. The minimum atomic E-state index is 0.0531. The van der Waals surface area contributed by atoms with Crippen LogP contribution in [0.2, 0.25) is 5.02 Å². The first kappa shape index (κ1) is 13.6. The summed E-state index contributed by atoms with van der Waals surface area (Å²) in [4.78, 5) is 12.6. The molecule has 2 aliphatic heterocycles. The van der Waals surface area contributed by atoms with E-state index in [4.69, 9.17) is 16.3 Å². The van der Waals surface area contributed by atoms with Gasteiger partial charge in [-0.1, -0.05) is 23.7 Å². The number of amides is 1. The summed E-state index contributed by atoms with van der Waals surface area (Å²) in [5, 5.41) is 4.02. The topological polar surface area (TPSA) is 38.3 Å². The summed E-state index contributed by atoms with van der Waals surface area (Å²) in [6.45, 7) is 0. The van der Waals surface area contributed by atoms with Gasteiger partial charge in [0.15, 0.2) is 0 Å². The number of rotatable bonds is 4. The van der Waals surface area contributed by atoms with Gasteiger partial charge >= 0.3 is 0 Å². The van der Waals surface area contributed by atoms with E-state index in [1.807, 2.05) is 24.3 Å². The van der Waals surface area contributed by atoms with E-state index in [0.717, 1.165) is 24.3 Å².